The van der Waals surface area contributed by atoms with Crippen LogP contribution in [-0.4, -0.2) is 101 Å². The van der Waals surface area contributed by atoms with E-state index in [9.17, 15) is 24.3 Å². The highest BCUT2D eigenvalue weighted by atomic mass is 16.5. The van der Waals surface area contributed by atoms with Gasteiger partial charge in [0.15, 0.2) is 0 Å². The number of terminal acetylenes is 2. The Hall–Kier alpha value is -4.06. The van der Waals surface area contributed by atoms with E-state index in [1.165, 1.54) is 22.0 Å². The molecule has 1 heterocycles. The van der Waals surface area contributed by atoms with Gasteiger partial charge in [0.05, 0.1) is 26.1 Å². The molecule has 1 fully saturated rings. The molecule has 2 N–H and O–H groups in total. The molecular formula is C25H31N5O6. The minimum absolute atomic E-state index is 0.0351. The van der Waals surface area contributed by atoms with Crippen LogP contribution < -0.4 is 5.32 Å². The molecule has 0 bridgehead atoms. The molecule has 11 heteroatoms. The van der Waals surface area contributed by atoms with E-state index >= 15 is 0 Å². The molecule has 1 saturated heterocycles. The van der Waals surface area contributed by atoms with Gasteiger partial charge < -0.3 is 25.0 Å². The van der Waals surface area contributed by atoms with Crippen LogP contribution in [0.15, 0.2) is 30.3 Å². The average molecular weight is 498 g/mol. The van der Waals surface area contributed by atoms with Crippen LogP contribution in [0.5, 0.6) is 0 Å². The van der Waals surface area contributed by atoms with Gasteiger partial charge in [-0.3, -0.25) is 14.4 Å². The summed E-state index contributed by atoms with van der Waals surface area (Å²) in [6.07, 6.45) is 8.97. The Morgan fingerprint density at radius 3 is 2.56 bits per heavy atom. The van der Waals surface area contributed by atoms with Crippen LogP contribution in [0.3, 0.4) is 0 Å². The van der Waals surface area contributed by atoms with Gasteiger partial charge in [-0.15, -0.1) is 12.8 Å². The van der Waals surface area contributed by atoms with Crippen LogP contribution in [-0.2, 0) is 25.7 Å². The van der Waals surface area contributed by atoms with Crippen molar-refractivity contribution in [2.45, 2.75) is 32.1 Å². The second-order valence-corrected chi connectivity index (χ2v) is 8.08. The van der Waals surface area contributed by atoms with Gasteiger partial charge in [-0.1, -0.05) is 42.2 Å². The largest absolute Gasteiger partial charge is 0.481 e. The lowest BCUT2D eigenvalue weighted by molar-refractivity contribution is -0.175. The number of ether oxygens (including phenoxy) is 1. The Morgan fingerprint density at radius 2 is 1.94 bits per heavy atom. The lowest BCUT2D eigenvalue weighted by atomic mass is 10.1. The first-order valence-electron chi connectivity index (χ1n) is 11.3. The maximum absolute atomic E-state index is 13.2. The van der Waals surface area contributed by atoms with E-state index in [0.29, 0.717) is 0 Å². The zero-order valence-corrected chi connectivity index (χ0v) is 20.4. The van der Waals surface area contributed by atoms with Gasteiger partial charge in [-0.2, -0.15) is 5.01 Å². The number of nitrogens with one attached hydrogen (secondary N) is 1. The fourth-order valence-corrected chi connectivity index (χ4v) is 3.87. The molecule has 2 atom stereocenters. The molecule has 0 saturated carbocycles. The third kappa shape index (κ3) is 7.47. The molecular weight excluding hydrogens is 466 g/mol. The molecule has 1 aromatic rings. The second kappa shape index (κ2) is 13.7. The number of hydrazine groups is 1. The van der Waals surface area contributed by atoms with E-state index in [0.717, 1.165) is 10.5 Å². The fourth-order valence-electron chi connectivity index (χ4n) is 3.87. The molecule has 192 valence electrons. The summed E-state index contributed by atoms with van der Waals surface area (Å²) >= 11 is 0. The van der Waals surface area contributed by atoms with Gasteiger partial charge in [0.1, 0.15) is 18.8 Å². The summed E-state index contributed by atoms with van der Waals surface area (Å²) in [5.74, 6) is 2.35. The number of amides is 4. The van der Waals surface area contributed by atoms with Crippen LogP contribution >= 0.6 is 0 Å². The number of hydrogen-bond acceptors (Lipinski definition) is 6. The van der Waals surface area contributed by atoms with Crippen molar-refractivity contribution in [1.82, 2.24) is 25.1 Å². The van der Waals surface area contributed by atoms with Gasteiger partial charge >= 0.3 is 12.0 Å². The summed E-state index contributed by atoms with van der Waals surface area (Å²) in [5.41, 5.74) is 0.861. The number of carboxylic acids is 1. The molecule has 0 aromatic heterocycles. The number of hydrogen-bond donors (Lipinski definition) is 2. The normalized spacial score (nSPS) is 16.6. The number of rotatable bonds is 11. The first-order chi connectivity index (χ1) is 17.2. The smallest absolute Gasteiger partial charge is 0.334 e. The zero-order valence-electron chi connectivity index (χ0n) is 20.4. The topological polar surface area (TPSA) is 123 Å². The quantitative estimate of drug-likeness (QED) is 0.331. The number of benzene rings is 1. The van der Waals surface area contributed by atoms with Gasteiger partial charge in [-0.25, -0.2) is 9.80 Å². The molecule has 4 amide bonds. The highest BCUT2D eigenvalue weighted by molar-refractivity contribution is 5.92. The average Bonchev–Trinajstić information content (AvgIpc) is 2.84. The molecule has 0 spiro atoms. The van der Waals surface area contributed by atoms with E-state index < -0.39 is 42.4 Å². The summed E-state index contributed by atoms with van der Waals surface area (Å²) in [6, 6.07) is 7.34. The van der Waals surface area contributed by atoms with Gasteiger partial charge in [0.2, 0.25) is 11.8 Å². The number of carbonyl (C=O) groups is 4. The van der Waals surface area contributed by atoms with Crippen molar-refractivity contribution in [3.8, 4) is 24.7 Å². The Bertz CT molecular complexity index is 1020. The minimum atomic E-state index is -1.35. The maximum atomic E-state index is 13.2. The summed E-state index contributed by atoms with van der Waals surface area (Å²) in [5, 5.41) is 14.9. The van der Waals surface area contributed by atoms with Crippen LogP contribution in [0.2, 0.25) is 0 Å². The Balaban J connectivity index is 2.27. The van der Waals surface area contributed by atoms with E-state index in [1.807, 2.05) is 30.3 Å². The van der Waals surface area contributed by atoms with E-state index in [1.54, 1.807) is 6.92 Å². The van der Waals surface area contributed by atoms with E-state index in [4.69, 9.17) is 17.6 Å². The standard InChI is InChI=1S/C25H31N5O6/c1-5-12-28-18-22(31)29(19(3)30(28)25(35)26-17-20-10-8-7-9-11-20)21(16-23(32)33)24(34)27(4)13-15-36-14-6-2/h1-2,7-11,19,21H,12-18H2,3-4H3,(H,26,35)(H,32,33)/t19-,21-/m0/s1. The van der Waals surface area contributed by atoms with Crippen LogP contribution in [0.25, 0.3) is 0 Å². The number of nitrogens with zero attached hydrogens (tertiary/aromatic N) is 4. The number of carboxylic acid groups (broad SMARTS) is 1. The minimum Gasteiger partial charge on any atom is -0.481 e. The predicted octanol–water partition coefficient (Wildman–Crippen LogP) is 0.188. The molecule has 0 radical (unpaired) electrons. The number of likely N-dealkylation sites (N-methyl/N-ethyl adjacent to an activating group) is 1. The predicted molar refractivity (Wildman–Crippen MR) is 131 cm³/mol. The molecule has 1 aliphatic rings. The van der Waals surface area contributed by atoms with Crippen molar-refractivity contribution in [2.75, 3.05) is 39.9 Å². The van der Waals surface area contributed by atoms with Crippen molar-refractivity contribution < 1.29 is 29.0 Å². The Kier molecular flexibility index (Phi) is 10.7. The highest BCUT2D eigenvalue weighted by Gasteiger charge is 2.45. The number of carbonyl (C=O) groups excluding carboxylic acids is 3. The summed E-state index contributed by atoms with van der Waals surface area (Å²) in [7, 11) is 1.48. The maximum Gasteiger partial charge on any atom is 0.334 e. The molecule has 0 aliphatic carbocycles. The van der Waals surface area contributed by atoms with Crippen molar-refractivity contribution in [3.05, 3.63) is 35.9 Å². The van der Waals surface area contributed by atoms with Crippen LogP contribution in [0, 0.1) is 24.7 Å². The fraction of sp³-hybridized carbons (Fsp3) is 0.440. The first-order valence-corrected chi connectivity index (χ1v) is 11.3. The summed E-state index contributed by atoms with van der Waals surface area (Å²) in [4.78, 5) is 53.6. The van der Waals surface area contributed by atoms with Crippen molar-refractivity contribution in [3.63, 3.8) is 0 Å². The molecule has 11 nitrogen and oxygen atoms in total. The van der Waals surface area contributed by atoms with Gasteiger partial charge in [0, 0.05) is 20.1 Å². The zero-order chi connectivity index (χ0) is 26.7. The molecule has 36 heavy (non-hydrogen) atoms. The second-order valence-electron chi connectivity index (χ2n) is 8.08. The highest BCUT2D eigenvalue weighted by Crippen LogP contribution is 2.23. The first kappa shape index (κ1) is 28.2. The number of urea groups is 1. The molecule has 0 unspecified atom stereocenters. The molecule has 1 aliphatic heterocycles. The van der Waals surface area contributed by atoms with E-state index in [2.05, 4.69) is 17.2 Å². The monoisotopic (exact) mass is 497 g/mol. The van der Waals surface area contributed by atoms with Crippen molar-refractivity contribution in [2.24, 2.45) is 0 Å². The molecule has 2 rings (SSSR count). The van der Waals surface area contributed by atoms with Gasteiger partial charge in [0.25, 0.3) is 0 Å². The Morgan fingerprint density at radius 1 is 1.25 bits per heavy atom. The number of aliphatic carboxylic acids is 1. The Labute approximate surface area is 210 Å². The van der Waals surface area contributed by atoms with Gasteiger partial charge in [-0.05, 0) is 12.5 Å². The lowest BCUT2D eigenvalue weighted by Crippen LogP contribution is -2.70. The third-order valence-electron chi connectivity index (χ3n) is 5.56. The van der Waals surface area contributed by atoms with Crippen LogP contribution in [0.4, 0.5) is 4.79 Å². The lowest BCUT2D eigenvalue weighted by Gasteiger charge is -2.49. The third-order valence-corrected chi connectivity index (χ3v) is 5.56. The van der Waals surface area contributed by atoms with Crippen LogP contribution in [0.1, 0.15) is 18.9 Å². The molecule has 1 aromatic carbocycles. The van der Waals surface area contributed by atoms with Crippen molar-refractivity contribution in [1.29, 1.82) is 0 Å². The van der Waals surface area contributed by atoms with Crippen molar-refractivity contribution >= 4 is 23.8 Å². The van der Waals surface area contributed by atoms with E-state index in [-0.39, 0.29) is 39.4 Å². The summed E-state index contributed by atoms with van der Waals surface area (Å²) in [6.45, 7) is 1.77. The SMILES string of the molecule is C#CCOCCN(C)C(=O)[C@H](CC(=O)O)N1C(=O)CN(CC#C)N(C(=O)NCc2ccccc2)[C@H]1C. The summed E-state index contributed by atoms with van der Waals surface area (Å²) < 4.78 is 5.19.